The minimum absolute atomic E-state index is 0.130. The van der Waals surface area contributed by atoms with Crippen LogP contribution in [0.4, 0.5) is 0 Å². The Balaban J connectivity index is 4.90. The van der Waals surface area contributed by atoms with Gasteiger partial charge < -0.3 is 10.5 Å². The van der Waals surface area contributed by atoms with Crippen LogP contribution in [0.2, 0.25) is 0 Å². The molecule has 3 heteroatoms. The number of carbonyl (C=O) groups is 1. The summed E-state index contributed by atoms with van der Waals surface area (Å²) < 4.78 is 4.60. The molecule has 0 saturated carbocycles. The third-order valence-corrected chi connectivity index (χ3v) is 2.85. The summed E-state index contributed by atoms with van der Waals surface area (Å²) in [6.45, 7) is 13.1. The summed E-state index contributed by atoms with van der Waals surface area (Å²) in [6.07, 6.45) is 3.79. The number of carbonyl (C=O) groups excluding carboxylic acids is 1. The highest BCUT2D eigenvalue weighted by Crippen LogP contribution is 2.40. The molecule has 0 heterocycles. The first-order valence-electron chi connectivity index (χ1n) is 6.02. The van der Waals surface area contributed by atoms with Gasteiger partial charge in [-0.05, 0) is 16.7 Å². The molecule has 100 valence electrons. The van der Waals surface area contributed by atoms with E-state index in [1.165, 1.54) is 7.11 Å². The Morgan fingerprint density at radius 2 is 1.47 bits per heavy atom. The van der Waals surface area contributed by atoms with E-state index in [1.807, 2.05) is 6.08 Å². The Labute approximate surface area is 105 Å². The van der Waals surface area contributed by atoms with E-state index in [-0.39, 0.29) is 10.8 Å². The number of hydrogen-bond acceptors (Lipinski definition) is 3. The zero-order valence-electron chi connectivity index (χ0n) is 12.2. The van der Waals surface area contributed by atoms with E-state index < -0.39 is 12.0 Å². The van der Waals surface area contributed by atoms with Crippen molar-refractivity contribution in [2.45, 2.75) is 47.6 Å². The summed E-state index contributed by atoms with van der Waals surface area (Å²) >= 11 is 0. The quantitative estimate of drug-likeness (QED) is 0.610. The molecule has 2 N–H and O–H groups in total. The molecule has 0 aliphatic heterocycles. The molecule has 0 amide bonds. The van der Waals surface area contributed by atoms with Crippen LogP contribution in [-0.4, -0.2) is 19.1 Å². The van der Waals surface area contributed by atoms with Gasteiger partial charge in [0.2, 0.25) is 0 Å². The van der Waals surface area contributed by atoms with E-state index in [0.717, 1.165) is 0 Å². The second kappa shape index (κ2) is 5.67. The lowest BCUT2D eigenvalue weighted by molar-refractivity contribution is -0.140. The highest BCUT2D eigenvalue weighted by Gasteiger charge is 2.32. The molecule has 0 radical (unpaired) electrons. The smallest absolute Gasteiger partial charge is 0.326 e. The summed E-state index contributed by atoms with van der Waals surface area (Å²) in [6, 6.07) is -0.674. The van der Waals surface area contributed by atoms with Crippen LogP contribution in [0, 0.1) is 16.7 Å². The van der Waals surface area contributed by atoms with Crippen molar-refractivity contribution >= 4 is 5.97 Å². The van der Waals surface area contributed by atoms with Crippen molar-refractivity contribution in [2.24, 2.45) is 22.5 Å². The van der Waals surface area contributed by atoms with Gasteiger partial charge in [0.15, 0.2) is 0 Å². The van der Waals surface area contributed by atoms with Crippen molar-refractivity contribution in [3.05, 3.63) is 12.2 Å². The predicted molar refractivity (Wildman–Crippen MR) is 71.5 cm³/mol. The van der Waals surface area contributed by atoms with Gasteiger partial charge in [0.1, 0.15) is 6.04 Å². The summed E-state index contributed by atoms with van der Waals surface area (Å²) in [5, 5.41) is 0. The van der Waals surface area contributed by atoms with Gasteiger partial charge in [0, 0.05) is 0 Å². The molecule has 1 unspecified atom stereocenters. The second-order valence-electron chi connectivity index (χ2n) is 6.64. The average Bonchev–Trinajstić information content (AvgIpc) is 2.12. The second-order valence-corrected chi connectivity index (χ2v) is 6.64. The molecule has 0 saturated heterocycles. The van der Waals surface area contributed by atoms with Crippen molar-refractivity contribution in [2.75, 3.05) is 7.11 Å². The minimum atomic E-state index is -0.674. The molecule has 0 aromatic rings. The van der Waals surface area contributed by atoms with E-state index >= 15 is 0 Å². The third kappa shape index (κ3) is 5.35. The van der Waals surface area contributed by atoms with Crippen LogP contribution < -0.4 is 5.73 Å². The molecule has 3 nitrogen and oxygen atoms in total. The molecular weight excluding hydrogens is 214 g/mol. The van der Waals surface area contributed by atoms with Gasteiger partial charge in [-0.25, -0.2) is 0 Å². The summed E-state index contributed by atoms with van der Waals surface area (Å²) in [4.78, 5) is 11.2. The lowest BCUT2D eigenvalue weighted by Gasteiger charge is -2.39. The first kappa shape index (κ1) is 16.2. The maximum absolute atomic E-state index is 11.2. The number of allylic oxidation sites excluding steroid dienone is 1. The van der Waals surface area contributed by atoms with Crippen molar-refractivity contribution in [3.8, 4) is 0 Å². The molecule has 0 fully saturated rings. The van der Waals surface area contributed by atoms with Gasteiger partial charge in [0.05, 0.1) is 7.11 Å². The average molecular weight is 241 g/mol. The van der Waals surface area contributed by atoms with Crippen LogP contribution in [0.3, 0.4) is 0 Å². The first-order chi connectivity index (χ1) is 7.50. The van der Waals surface area contributed by atoms with Crippen LogP contribution in [-0.2, 0) is 9.53 Å². The van der Waals surface area contributed by atoms with Gasteiger partial charge >= 0.3 is 5.97 Å². The Bertz CT molecular complexity index is 268. The van der Waals surface area contributed by atoms with Crippen molar-refractivity contribution in [1.82, 2.24) is 0 Å². The first-order valence-corrected chi connectivity index (χ1v) is 6.02. The van der Waals surface area contributed by atoms with Gasteiger partial charge in [0.25, 0.3) is 0 Å². The fourth-order valence-corrected chi connectivity index (χ4v) is 2.32. The number of nitrogens with two attached hydrogens (primary N) is 1. The van der Waals surface area contributed by atoms with Crippen LogP contribution in [0.1, 0.15) is 41.5 Å². The molecule has 0 rings (SSSR count). The number of rotatable bonds is 3. The number of ether oxygens (including phenoxy) is 1. The molecular formula is C14H27NO2. The predicted octanol–water partition coefficient (Wildman–Crippen LogP) is 2.75. The van der Waals surface area contributed by atoms with Crippen molar-refractivity contribution in [1.29, 1.82) is 0 Å². The highest BCUT2D eigenvalue weighted by molar-refractivity contribution is 5.77. The molecule has 0 aliphatic rings. The van der Waals surface area contributed by atoms with Gasteiger partial charge in [-0.1, -0.05) is 53.7 Å². The van der Waals surface area contributed by atoms with E-state index in [4.69, 9.17) is 5.73 Å². The van der Waals surface area contributed by atoms with E-state index in [2.05, 4.69) is 46.3 Å². The van der Waals surface area contributed by atoms with Crippen LogP contribution in [0.5, 0.6) is 0 Å². The molecule has 0 spiro atoms. The van der Waals surface area contributed by atoms with E-state index in [1.54, 1.807) is 6.08 Å². The highest BCUT2D eigenvalue weighted by atomic mass is 16.5. The Morgan fingerprint density at radius 3 is 1.76 bits per heavy atom. The lowest BCUT2D eigenvalue weighted by Crippen LogP contribution is -2.33. The summed E-state index contributed by atoms with van der Waals surface area (Å²) in [5.74, 6) is -0.0616. The SMILES string of the molecule is COC(=O)C(N)C=CC(C(C)(C)C)C(C)(C)C. The van der Waals surface area contributed by atoms with E-state index in [0.29, 0.717) is 5.92 Å². The zero-order valence-corrected chi connectivity index (χ0v) is 12.2. The monoisotopic (exact) mass is 241 g/mol. The Morgan fingerprint density at radius 1 is 1.06 bits per heavy atom. The normalized spacial score (nSPS) is 15.4. The van der Waals surface area contributed by atoms with Gasteiger partial charge in [-0.3, -0.25) is 4.79 Å². The molecule has 17 heavy (non-hydrogen) atoms. The molecule has 0 bridgehead atoms. The largest absolute Gasteiger partial charge is 0.468 e. The third-order valence-electron chi connectivity index (χ3n) is 2.85. The fraction of sp³-hybridized carbons (Fsp3) is 0.786. The Hall–Kier alpha value is -0.830. The van der Waals surface area contributed by atoms with Crippen LogP contribution >= 0.6 is 0 Å². The Kier molecular flexibility index (Phi) is 5.40. The van der Waals surface area contributed by atoms with E-state index in [9.17, 15) is 4.79 Å². The van der Waals surface area contributed by atoms with Crippen molar-refractivity contribution < 1.29 is 9.53 Å². The summed E-state index contributed by atoms with van der Waals surface area (Å²) in [7, 11) is 1.35. The summed E-state index contributed by atoms with van der Waals surface area (Å²) in [5.41, 5.74) is 5.96. The molecule has 0 aromatic carbocycles. The fourth-order valence-electron chi connectivity index (χ4n) is 2.32. The van der Waals surface area contributed by atoms with Gasteiger partial charge in [-0.15, -0.1) is 0 Å². The minimum Gasteiger partial charge on any atom is -0.468 e. The standard InChI is InChI=1S/C14H27NO2/c1-13(2,3)11(14(4,5)6)9-8-10(15)12(16)17-7/h8-11H,15H2,1-7H3. The van der Waals surface area contributed by atoms with Gasteiger partial charge in [-0.2, -0.15) is 0 Å². The maximum atomic E-state index is 11.2. The molecule has 0 aromatic heterocycles. The lowest BCUT2D eigenvalue weighted by atomic mass is 9.66. The molecule has 0 aliphatic carbocycles. The van der Waals surface area contributed by atoms with Crippen molar-refractivity contribution in [3.63, 3.8) is 0 Å². The number of methoxy groups -OCH3 is 1. The van der Waals surface area contributed by atoms with Crippen LogP contribution in [0.25, 0.3) is 0 Å². The number of hydrogen-bond donors (Lipinski definition) is 1. The number of esters is 1. The topological polar surface area (TPSA) is 52.3 Å². The zero-order chi connectivity index (χ0) is 13.9. The van der Waals surface area contributed by atoms with Crippen LogP contribution in [0.15, 0.2) is 12.2 Å². The molecule has 1 atom stereocenters. The maximum Gasteiger partial charge on any atom is 0.326 e.